The van der Waals surface area contributed by atoms with E-state index in [1.165, 1.54) is 0 Å². The van der Waals surface area contributed by atoms with E-state index >= 15 is 0 Å². The Kier molecular flexibility index (Phi) is 1.78. The number of aromatic nitrogens is 1. The lowest BCUT2D eigenvalue weighted by atomic mass is 10.1. The van der Waals surface area contributed by atoms with Crippen LogP contribution in [0.5, 0.6) is 0 Å². The predicted molar refractivity (Wildman–Crippen MR) is 58.3 cm³/mol. The van der Waals surface area contributed by atoms with Crippen molar-refractivity contribution in [2.45, 2.75) is 0 Å². The fourth-order valence-electron chi connectivity index (χ4n) is 1.62. The Bertz CT molecular complexity index is 584. The molecule has 15 heavy (non-hydrogen) atoms. The summed E-state index contributed by atoms with van der Waals surface area (Å²) in [6.45, 7) is 0. The molecular formula is C13H8NO. The number of fused-ring (bicyclic) bond motifs is 1. The second kappa shape index (κ2) is 3.24. The summed E-state index contributed by atoms with van der Waals surface area (Å²) in [6, 6.07) is 13.0. The zero-order valence-corrected chi connectivity index (χ0v) is 7.97. The lowest BCUT2D eigenvalue weighted by Crippen LogP contribution is -1.78. The molecule has 0 unspecified atom stereocenters. The Morgan fingerprint density at radius 3 is 3.00 bits per heavy atom. The van der Waals surface area contributed by atoms with Crippen molar-refractivity contribution >= 4 is 11.0 Å². The van der Waals surface area contributed by atoms with Crippen LogP contribution >= 0.6 is 0 Å². The van der Waals surface area contributed by atoms with Crippen LogP contribution in [0.15, 0.2) is 53.4 Å². The zero-order chi connectivity index (χ0) is 10.1. The molecule has 0 aliphatic carbocycles. The molecule has 2 aromatic heterocycles. The van der Waals surface area contributed by atoms with Gasteiger partial charge in [-0.3, -0.25) is 4.98 Å². The van der Waals surface area contributed by atoms with Crippen LogP contribution in [0.2, 0.25) is 0 Å². The van der Waals surface area contributed by atoms with Crippen molar-refractivity contribution in [3.63, 3.8) is 0 Å². The average Bonchev–Trinajstić information content (AvgIpc) is 2.77. The van der Waals surface area contributed by atoms with Crippen LogP contribution in [-0.4, -0.2) is 4.98 Å². The van der Waals surface area contributed by atoms with Gasteiger partial charge in [0.25, 0.3) is 0 Å². The van der Waals surface area contributed by atoms with Crippen molar-refractivity contribution in [2.24, 2.45) is 0 Å². The van der Waals surface area contributed by atoms with Crippen LogP contribution < -0.4 is 0 Å². The number of furan rings is 1. The molecule has 0 N–H and O–H groups in total. The van der Waals surface area contributed by atoms with Gasteiger partial charge in [-0.15, -0.1) is 0 Å². The van der Waals surface area contributed by atoms with Gasteiger partial charge in [0.15, 0.2) is 0 Å². The van der Waals surface area contributed by atoms with Gasteiger partial charge in [0, 0.05) is 29.4 Å². The minimum absolute atomic E-state index is 0.864. The Morgan fingerprint density at radius 1 is 1.13 bits per heavy atom. The molecule has 0 aliphatic heterocycles. The summed E-state index contributed by atoms with van der Waals surface area (Å²) in [4.78, 5) is 4.10. The monoisotopic (exact) mass is 194 g/mol. The maximum absolute atomic E-state index is 5.24. The maximum atomic E-state index is 5.24. The van der Waals surface area contributed by atoms with Crippen molar-refractivity contribution in [1.29, 1.82) is 0 Å². The minimum Gasteiger partial charge on any atom is -0.464 e. The highest BCUT2D eigenvalue weighted by molar-refractivity contribution is 5.82. The quantitative estimate of drug-likeness (QED) is 0.594. The zero-order valence-electron chi connectivity index (χ0n) is 7.97. The van der Waals surface area contributed by atoms with Gasteiger partial charge in [0.05, 0.1) is 6.26 Å². The van der Waals surface area contributed by atoms with Gasteiger partial charge < -0.3 is 4.42 Å². The van der Waals surface area contributed by atoms with Crippen LogP contribution in [0, 0.1) is 6.07 Å². The van der Waals surface area contributed by atoms with E-state index in [1.54, 1.807) is 12.5 Å². The lowest BCUT2D eigenvalue weighted by molar-refractivity contribution is 0.615. The van der Waals surface area contributed by atoms with E-state index in [0.29, 0.717) is 0 Å². The largest absolute Gasteiger partial charge is 0.464 e. The second-order valence-corrected chi connectivity index (χ2v) is 3.33. The molecule has 3 aromatic rings. The van der Waals surface area contributed by atoms with Gasteiger partial charge in [-0.05, 0) is 23.8 Å². The van der Waals surface area contributed by atoms with Crippen molar-refractivity contribution in [3.8, 4) is 11.1 Å². The van der Waals surface area contributed by atoms with Gasteiger partial charge in [-0.25, -0.2) is 0 Å². The standard InChI is InChI=1S/C13H8NO/c1-2-12(9-14-6-1)10-3-4-13-11(8-10)5-7-15-13/h1-4,6-9H. The number of rotatable bonds is 1. The Hall–Kier alpha value is -2.09. The highest BCUT2D eigenvalue weighted by atomic mass is 16.3. The molecule has 1 aromatic carbocycles. The third-order valence-electron chi connectivity index (χ3n) is 2.37. The molecule has 0 atom stereocenters. The normalized spacial score (nSPS) is 10.7. The second-order valence-electron chi connectivity index (χ2n) is 3.33. The number of hydrogen-bond donors (Lipinski definition) is 0. The molecule has 0 saturated heterocycles. The Morgan fingerprint density at radius 2 is 2.13 bits per heavy atom. The molecule has 2 nitrogen and oxygen atoms in total. The molecule has 0 saturated carbocycles. The average molecular weight is 194 g/mol. The molecule has 0 fully saturated rings. The van der Waals surface area contributed by atoms with Crippen molar-refractivity contribution in [2.75, 3.05) is 0 Å². The molecule has 0 amide bonds. The van der Waals surface area contributed by atoms with E-state index in [0.717, 1.165) is 22.1 Å². The van der Waals surface area contributed by atoms with Crippen LogP contribution in [0.1, 0.15) is 0 Å². The lowest BCUT2D eigenvalue weighted by Gasteiger charge is -1.99. The third kappa shape index (κ3) is 1.40. The third-order valence-corrected chi connectivity index (χ3v) is 2.37. The minimum atomic E-state index is 0.864. The summed E-state index contributed by atoms with van der Waals surface area (Å²) in [5.74, 6) is 0. The van der Waals surface area contributed by atoms with E-state index in [4.69, 9.17) is 4.42 Å². The molecule has 3 rings (SSSR count). The SMILES string of the molecule is [c]1coc2ccc(-c3cccnc3)cc12. The number of benzene rings is 1. The molecule has 2 heteroatoms. The molecule has 0 spiro atoms. The van der Waals surface area contributed by atoms with Crippen LogP contribution in [0.3, 0.4) is 0 Å². The molecule has 2 heterocycles. The molecular weight excluding hydrogens is 186 g/mol. The van der Waals surface area contributed by atoms with Crippen LogP contribution in [-0.2, 0) is 0 Å². The summed E-state index contributed by atoms with van der Waals surface area (Å²) in [6.07, 6.45) is 5.20. The summed E-state index contributed by atoms with van der Waals surface area (Å²) in [7, 11) is 0. The van der Waals surface area contributed by atoms with E-state index in [-0.39, 0.29) is 0 Å². The van der Waals surface area contributed by atoms with Crippen LogP contribution in [0.4, 0.5) is 0 Å². The van der Waals surface area contributed by atoms with Crippen molar-refractivity contribution < 1.29 is 4.42 Å². The van der Waals surface area contributed by atoms with Crippen LogP contribution in [0.25, 0.3) is 22.1 Å². The van der Waals surface area contributed by atoms with E-state index < -0.39 is 0 Å². The summed E-state index contributed by atoms with van der Waals surface area (Å²) in [5, 5.41) is 0.997. The molecule has 0 bridgehead atoms. The number of hydrogen-bond acceptors (Lipinski definition) is 2. The first-order valence-corrected chi connectivity index (χ1v) is 4.73. The summed E-state index contributed by atoms with van der Waals surface area (Å²) >= 11 is 0. The van der Waals surface area contributed by atoms with Gasteiger partial charge >= 0.3 is 0 Å². The maximum Gasteiger partial charge on any atom is 0.134 e. The highest BCUT2D eigenvalue weighted by Gasteiger charge is 2.00. The fourth-order valence-corrected chi connectivity index (χ4v) is 1.62. The first-order chi connectivity index (χ1) is 7.43. The Balaban J connectivity index is 2.19. The Labute approximate surface area is 87.2 Å². The predicted octanol–water partition coefficient (Wildman–Crippen LogP) is 3.29. The molecule has 1 radical (unpaired) electrons. The van der Waals surface area contributed by atoms with Crippen molar-refractivity contribution in [3.05, 3.63) is 55.1 Å². The first-order valence-electron chi connectivity index (χ1n) is 4.73. The molecule has 0 aliphatic rings. The van der Waals surface area contributed by atoms with Gasteiger partial charge in [-0.2, -0.15) is 0 Å². The van der Waals surface area contributed by atoms with Gasteiger partial charge in [-0.1, -0.05) is 12.1 Å². The van der Waals surface area contributed by atoms with Gasteiger partial charge in [0.2, 0.25) is 0 Å². The number of nitrogens with zero attached hydrogens (tertiary/aromatic N) is 1. The first kappa shape index (κ1) is 8.24. The highest BCUT2D eigenvalue weighted by Crippen LogP contribution is 2.23. The topological polar surface area (TPSA) is 26.0 Å². The van der Waals surface area contributed by atoms with Crippen molar-refractivity contribution in [1.82, 2.24) is 4.98 Å². The van der Waals surface area contributed by atoms with E-state index in [1.807, 2.05) is 30.5 Å². The fraction of sp³-hybridized carbons (Fsp3) is 0. The van der Waals surface area contributed by atoms with E-state index in [2.05, 4.69) is 17.1 Å². The summed E-state index contributed by atoms with van der Waals surface area (Å²) in [5.41, 5.74) is 3.10. The summed E-state index contributed by atoms with van der Waals surface area (Å²) < 4.78 is 5.24. The molecule has 71 valence electrons. The van der Waals surface area contributed by atoms with E-state index in [9.17, 15) is 0 Å². The number of pyridine rings is 1. The van der Waals surface area contributed by atoms with Gasteiger partial charge in [0.1, 0.15) is 5.58 Å². The smallest absolute Gasteiger partial charge is 0.134 e.